The number of hydrogen-bond acceptors (Lipinski definition) is 6. The topological polar surface area (TPSA) is 104 Å². The first-order valence-corrected chi connectivity index (χ1v) is 35.2. The summed E-state index contributed by atoms with van der Waals surface area (Å²) < 4.78 is 67.8. The number of imidazole rings is 2. The fourth-order valence-corrected chi connectivity index (χ4v) is 25.1. The predicted molar refractivity (Wildman–Crippen MR) is 358 cm³/mol. The lowest BCUT2D eigenvalue weighted by molar-refractivity contribution is 0.590. The zero-order valence-corrected chi connectivity index (χ0v) is 49.8. The van der Waals surface area contributed by atoms with Crippen LogP contribution in [0.4, 0.5) is 0 Å². The third-order valence-electron chi connectivity index (χ3n) is 16.6. The summed E-state index contributed by atoms with van der Waals surface area (Å²) in [4.78, 5) is 10.3. The summed E-state index contributed by atoms with van der Waals surface area (Å²) in [5.41, 5.74) is 6.51. The molecular formula is C74H52N4O4P4. The smallest absolute Gasteiger partial charge is 0.175 e. The molecule has 0 N–H and O–H groups in total. The summed E-state index contributed by atoms with van der Waals surface area (Å²) in [7, 11) is -13.8. The minimum atomic E-state index is -3.55. The molecule has 2 aliphatic rings. The molecule has 0 spiro atoms. The third-order valence-corrected chi connectivity index (χ3v) is 29.1. The number of rotatable bonds is 10. The first-order chi connectivity index (χ1) is 42.2. The van der Waals surface area contributed by atoms with Gasteiger partial charge in [0.1, 0.15) is 11.6 Å². The molecular weight excluding hydrogens is 1130 g/mol. The van der Waals surface area contributed by atoms with Crippen LogP contribution in [0.5, 0.6) is 0 Å². The van der Waals surface area contributed by atoms with Crippen molar-refractivity contribution < 1.29 is 18.3 Å². The van der Waals surface area contributed by atoms with Crippen molar-refractivity contribution in [2.45, 2.75) is 0 Å². The number of nitrogens with zero attached hydrogens (tertiary/aromatic N) is 4. The van der Waals surface area contributed by atoms with Gasteiger partial charge in [0, 0.05) is 69.5 Å². The van der Waals surface area contributed by atoms with Crippen molar-refractivity contribution in [3.8, 4) is 34.2 Å². The van der Waals surface area contributed by atoms with Gasteiger partial charge in [0.05, 0.1) is 38.7 Å². The quantitative estimate of drug-likeness (QED) is 0.126. The van der Waals surface area contributed by atoms with Crippen molar-refractivity contribution in [1.29, 1.82) is 0 Å². The van der Waals surface area contributed by atoms with Gasteiger partial charge >= 0.3 is 0 Å². The molecule has 0 saturated heterocycles. The van der Waals surface area contributed by atoms with E-state index in [4.69, 9.17) is 9.97 Å². The van der Waals surface area contributed by atoms with Gasteiger partial charge in [0.15, 0.2) is 28.6 Å². The number of aromatic nitrogens is 4. The van der Waals surface area contributed by atoms with Gasteiger partial charge in [-0.2, -0.15) is 0 Å². The summed E-state index contributed by atoms with van der Waals surface area (Å²) in [6.07, 6.45) is 0. The summed E-state index contributed by atoms with van der Waals surface area (Å²) >= 11 is 0. The van der Waals surface area contributed by atoms with Crippen LogP contribution in [-0.4, -0.2) is 19.1 Å². The monoisotopic (exact) mass is 1180 g/mol. The van der Waals surface area contributed by atoms with Crippen LogP contribution in [0.25, 0.3) is 56.2 Å². The molecule has 16 rings (SSSR count). The van der Waals surface area contributed by atoms with Crippen LogP contribution >= 0.6 is 28.6 Å². The van der Waals surface area contributed by atoms with Gasteiger partial charge in [-0.05, 0) is 48.5 Å². The van der Waals surface area contributed by atoms with Crippen LogP contribution in [0.15, 0.2) is 315 Å². The van der Waals surface area contributed by atoms with Crippen LogP contribution in [-0.2, 0) is 18.3 Å². The molecule has 0 radical (unpaired) electrons. The van der Waals surface area contributed by atoms with Crippen LogP contribution in [0.3, 0.4) is 0 Å². The fourth-order valence-electron chi connectivity index (χ4n) is 12.7. The van der Waals surface area contributed by atoms with E-state index in [9.17, 15) is 0 Å². The van der Waals surface area contributed by atoms with Gasteiger partial charge in [-0.1, -0.05) is 267 Å². The lowest BCUT2D eigenvalue weighted by Gasteiger charge is -2.33. The van der Waals surface area contributed by atoms with Crippen LogP contribution in [0, 0.1) is 0 Å². The molecule has 0 saturated carbocycles. The molecule has 86 heavy (non-hydrogen) atoms. The van der Waals surface area contributed by atoms with Gasteiger partial charge in [-0.15, -0.1) is 0 Å². The van der Waals surface area contributed by atoms with E-state index in [1.54, 1.807) is 0 Å². The average Bonchev–Trinajstić information content (AvgIpc) is 1.33. The van der Waals surface area contributed by atoms with Gasteiger partial charge in [0.25, 0.3) is 0 Å². The van der Waals surface area contributed by atoms with Crippen molar-refractivity contribution in [1.82, 2.24) is 19.1 Å². The van der Waals surface area contributed by atoms with Gasteiger partial charge in [-0.3, -0.25) is 9.13 Å². The zero-order valence-electron chi connectivity index (χ0n) is 46.2. The van der Waals surface area contributed by atoms with Crippen molar-refractivity contribution in [3.05, 3.63) is 315 Å². The Morgan fingerprint density at radius 1 is 0.302 bits per heavy atom. The Hall–Kier alpha value is -9.50. The number of benzene rings is 12. The predicted octanol–water partition coefficient (Wildman–Crippen LogP) is 12.6. The maximum absolute atomic E-state index is 16.2. The molecule has 0 bridgehead atoms. The fraction of sp³-hybridized carbons (Fsp3) is 0. The van der Waals surface area contributed by atoms with E-state index in [0.29, 0.717) is 48.0 Å². The maximum atomic E-state index is 16.2. The zero-order chi connectivity index (χ0) is 58.0. The van der Waals surface area contributed by atoms with E-state index in [0.717, 1.165) is 71.9 Å². The Balaban J connectivity index is 0.000000145. The van der Waals surface area contributed by atoms with E-state index in [1.807, 2.05) is 315 Å². The number of hydrogen-bond donors (Lipinski definition) is 0. The summed E-state index contributed by atoms with van der Waals surface area (Å²) in [5, 5.41) is 8.21. The Morgan fingerprint density at radius 3 is 1.13 bits per heavy atom. The highest BCUT2D eigenvalue weighted by Crippen LogP contribution is 2.55. The molecule has 0 aliphatic carbocycles. The Kier molecular flexibility index (Phi) is 13.1. The Bertz CT molecular complexity index is 4980. The highest BCUT2D eigenvalue weighted by molar-refractivity contribution is 7.91. The molecule has 12 aromatic carbocycles. The third kappa shape index (κ3) is 8.20. The normalized spacial score (nSPS) is 15.7. The second-order valence-electron chi connectivity index (χ2n) is 21.3. The van der Waals surface area contributed by atoms with E-state index < -0.39 is 28.6 Å². The molecule has 2 atom stereocenters. The van der Waals surface area contributed by atoms with Crippen molar-refractivity contribution >= 4 is 114 Å². The SMILES string of the molecule is O=P(c1ccccc1)(c1ccccc1)c1cc2c3c(c1)nc(-c1ccccc1)n3-c1ccccc1P2(=O)c1ccccc1.O=P(c1ccccc1)(c1ccccc1)c1ccc2nc(-c3ccccc3)n3c2c1P(=O)(c1ccccc1)c1ccccc1-3. The first-order valence-electron chi connectivity index (χ1n) is 28.4. The molecule has 8 nitrogen and oxygen atoms in total. The summed E-state index contributed by atoms with van der Waals surface area (Å²) in [6.45, 7) is 0. The minimum Gasteiger partial charge on any atom is -0.309 e. The largest absolute Gasteiger partial charge is 0.309 e. The van der Waals surface area contributed by atoms with Crippen molar-refractivity contribution in [3.63, 3.8) is 0 Å². The second kappa shape index (κ2) is 21.2. The lowest BCUT2D eigenvalue weighted by Crippen LogP contribution is -2.42. The maximum Gasteiger partial charge on any atom is 0.175 e. The minimum absolute atomic E-state index is 0.583. The molecule has 412 valence electrons. The molecule has 2 aliphatic heterocycles. The van der Waals surface area contributed by atoms with Crippen LogP contribution < -0.4 is 63.7 Å². The number of fused-ring (bicyclic) bond motifs is 4. The van der Waals surface area contributed by atoms with E-state index in [1.165, 1.54) is 0 Å². The van der Waals surface area contributed by atoms with E-state index in [2.05, 4.69) is 9.13 Å². The second-order valence-corrected chi connectivity index (χ2v) is 32.2. The molecule has 2 unspecified atom stereocenters. The van der Waals surface area contributed by atoms with Gasteiger partial charge < -0.3 is 18.3 Å². The molecule has 14 aromatic rings. The summed E-state index contributed by atoms with van der Waals surface area (Å²) in [6, 6.07) is 101. The molecule has 2 aromatic heterocycles. The Labute approximate surface area is 498 Å². The molecule has 0 fully saturated rings. The molecule has 4 heterocycles. The van der Waals surface area contributed by atoms with Gasteiger partial charge in [0.2, 0.25) is 0 Å². The van der Waals surface area contributed by atoms with E-state index >= 15 is 18.3 Å². The van der Waals surface area contributed by atoms with E-state index in [-0.39, 0.29) is 0 Å². The molecule has 0 amide bonds. The average molecular weight is 1190 g/mol. The standard InChI is InChI=1S/2C37H26N2O2P2/c40-42(28-17-7-2-8-18-28,29-19-9-3-10-20-29)31-25-32-36-35(26-31)43(41,30-21-11-4-12-22-30)34-24-14-13-23-33(34)39(36)37(38-32)27-15-5-1-6-16-27;40-42(28-17-7-2-8-18-28,29-19-9-3-10-20-29)34-26-25-31-35-36(34)43(41,30-21-11-4-12-22-30)33-24-14-13-23-32(33)39(35)37(38-31)27-15-5-1-6-16-27/h2*1-26H. The lowest BCUT2D eigenvalue weighted by atomic mass is 10.2. The number of para-hydroxylation sites is 2. The highest BCUT2D eigenvalue weighted by Gasteiger charge is 2.47. The van der Waals surface area contributed by atoms with Crippen molar-refractivity contribution in [2.75, 3.05) is 0 Å². The highest BCUT2D eigenvalue weighted by atomic mass is 31.2. The van der Waals surface area contributed by atoms with Crippen molar-refractivity contribution in [2.24, 2.45) is 0 Å². The van der Waals surface area contributed by atoms with Crippen LogP contribution in [0.1, 0.15) is 0 Å². The van der Waals surface area contributed by atoms with Gasteiger partial charge in [-0.25, -0.2) is 9.97 Å². The molecule has 12 heteroatoms. The summed E-state index contributed by atoms with van der Waals surface area (Å²) in [5.74, 6) is 1.52. The van der Waals surface area contributed by atoms with Crippen LogP contribution in [0.2, 0.25) is 0 Å². The first kappa shape index (κ1) is 53.2. The Morgan fingerprint density at radius 2 is 0.663 bits per heavy atom.